The molecule has 0 spiro atoms. The van der Waals surface area contributed by atoms with Crippen molar-refractivity contribution < 1.29 is 14.7 Å². The molecule has 0 bridgehead atoms. The van der Waals surface area contributed by atoms with Crippen LogP contribution in [0.5, 0.6) is 0 Å². The number of Topliss-reactive ketones (excluding diaryl/α,β-unsaturated/α-hetero) is 1. The van der Waals surface area contributed by atoms with E-state index in [1.165, 1.54) is 0 Å². The van der Waals surface area contributed by atoms with Gasteiger partial charge in [0.2, 0.25) is 0 Å². The zero-order valence-corrected chi connectivity index (χ0v) is 6.12. The highest BCUT2D eigenvalue weighted by molar-refractivity contribution is 5.92. The number of aliphatic carboxylic acids is 1. The van der Waals surface area contributed by atoms with Crippen LogP contribution in [0.1, 0.15) is 19.3 Å². The van der Waals surface area contributed by atoms with Gasteiger partial charge in [0.15, 0.2) is 0 Å². The summed E-state index contributed by atoms with van der Waals surface area (Å²) in [5.74, 6) is -0.857. The molecule has 0 saturated heterocycles. The number of carbonyl (C=O) groups is 2. The van der Waals surface area contributed by atoms with Crippen LogP contribution in [-0.2, 0) is 9.59 Å². The lowest BCUT2D eigenvalue weighted by atomic mass is 10.00. The second-order valence-electron chi connectivity index (χ2n) is 3.41. The normalized spacial score (nSPS) is 41.5. The predicted octanol–water partition coefficient (Wildman–Crippen LogP) is 0.686. The van der Waals surface area contributed by atoms with Gasteiger partial charge in [-0.3, -0.25) is 9.59 Å². The molecule has 0 amide bonds. The summed E-state index contributed by atoms with van der Waals surface area (Å²) in [5.41, 5.74) is 0. The number of hydrogen-bond acceptors (Lipinski definition) is 2. The summed E-state index contributed by atoms with van der Waals surface area (Å²) in [5, 5.41) is 8.65. The molecule has 0 radical (unpaired) electrons. The van der Waals surface area contributed by atoms with Crippen molar-refractivity contribution in [3.8, 4) is 0 Å². The van der Waals surface area contributed by atoms with Crippen LogP contribution < -0.4 is 0 Å². The average Bonchev–Trinajstić information content (AvgIpc) is 2.62. The summed E-state index contributed by atoms with van der Waals surface area (Å²) in [7, 11) is 0. The van der Waals surface area contributed by atoms with Crippen molar-refractivity contribution >= 4 is 11.8 Å². The van der Waals surface area contributed by atoms with Crippen LogP contribution in [0.15, 0.2) is 0 Å². The summed E-state index contributed by atoms with van der Waals surface area (Å²) in [6, 6.07) is 0. The summed E-state index contributed by atoms with van der Waals surface area (Å²) in [6.45, 7) is 0. The average molecular weight is 154 g/mol. The van der Waals surface area contributed by atoms with Crippen molar-refractivity contribution in [3.63, 3.8) is 0 Å². The van der Waals surface area contributed by atoms with Crippen LogP contribution in [0.4, 0.5) is 0 Å². The molecule has 3 heteroatoms. The molecule has 0 aliphatic heterocycles. The summed E-state index contributed by atoms with van der Waals surface area (Å²) in [4.78, 5) is 21.6. The molecule has 2 fully saturated rings. The van der Waals surface area contributed by atoms with Gasteiger partial charge in [-0.2, -0.15) is 0 Å². The Bertz CT molecular complexity index is 217. The molecule has 3 nitrogen and oxygen atoms in total. The minimum absolute atomic E-state index is 0.110. The first-order valence-electron chi connectivity index (χ1n) is 3.97. The van der Waals surface area contributed by atoms with Crippen molar-refractivity contribution in [1.82, 2.24) is 0 Å². The van der Waals surface area contributed by atoms with Crippen molar-refractivity contribution in [2.75, 3.05) is 0 Å². The van der Waals surface area contributed by atoms with Gasteiger partial charge in [-0.1, -0.05) is 0 Å². The number of carboxylic acid groups (broad SMARTS) is 1. The highest BCUT2D eigenvalue weighted by Crippen LogP contribution is 2.53. The minimum atomic E-state index is -0.782. The second kappa shape index (κ2) is 2.06. The standard InChI is InChI=1S/C8H10O3/c9-5-3-1-2-4-6(5)7(4)8(10)11/h4,6-7H,1-3H2,(H,10,11)/t4-,6-,7+/m0/s1. The first-order valence-corrected chi connectivity index (χ1v) is 3.97. The second-order valence-corrected chi connectivity index (χ2v) is 3.41. The molecular weight excluding hydrogens is 144 g/mol. The highest BCUT2D eigenvalue weighted by Gasteiger charge is 2.59. The van der Waals surface area contributed by atoms with E-state index in [4.69, 9.17) is 5.11 Å². The molecule has 0 heterocycles. The Hall–Kier alpha value is -0.860. The third-order valence-electron chi connectivity index (χ3n) is 2.79. The first-order chi connectivity index (χ1) is 5.22. The molecule has 2 aliphatic carbocycles. The molecule has 0 aromatic carbocycles. The van der Waals surface area contributed by atoms with Crippen LogP contribution in [-0.4, -0.2) is 16.9 Å². The fourth-order valence-corrected chi connectivity index (χ4v) is 2.19. The molecule has 1 N–H and O–H groups in total. The lowest BCUT2D eigenvalue weighted by molar-refractivity contribution is -0.140. The number of hydrogen-bond donors (Lipinski definition) is 1. The Morgan fingerprint density at radius 3 is 2.82 bits per heavy atom. The number of ketones is 1. The Morgan fingerprint density at radius 1 is 1.55 bits per heavy atom. The van der Waals surface area contributed by atoms with Crippen molar-refractivity contribution in [3.05, 3.63) is 0 Å². The van der Waals surface area contributed by atoms with Crippen LogP contribution in [0.2, 0.25) is 0 Å². The first kappa shape index (κ1) is 6.83. The van der Waals surface area contributed by atoms with E-state index in [1.54, 1.807) is 0 Å². The lowest BCUT2D eigenvalue weighted by Gasteiger charge is -2.04. The minimum Gasteiger partial charge on any atom is -0.481 e. The van der Waals surface area contributed by atoms with Crippen molar-refractivity contribution in [2.45, 2.75) is 19.3 Å². The monoisotopic (exact) mass is 154 g/mol. The molecule has 11 heavy (non-hydrogen) atoms. The van der Waals surface area contributed by atoms with E-state index < -0.39 is 5.97 Å². The van der Waals surface area contributed by atoms with Gasteiger partial charge < -0.3 is 5.11 Å². The summed E-state index contributed by atoms with van der Waals surface area (Å²) >= 11 is 0. The summed E-state index contributed by atoms with van der Waals surface area (Å²) in [6.07, 6.45) is 2.43. The molecule has 2 rings (SSSR count). The lowest BCUT2D eigenvalue weighted by Crippen LogP contribution is -2.08. The fraction of sp³-hybridized carbons (Fsp3) is 0.750. The topological polar surface area (TPSA) is 54.4 Å². The number of fused-ring (bicyclic) bond motifs is 1. The number of rotatable bonds is 1. The smallest absolute Gasteiger partial charge is 0.307 e. The van der Waals surface area contributed by atoms with Crippen molar-refractivity contribution in [2.24, 2.45) is 17.8 Å². The largest absolute Gasteiger partial charge is 0.481 e. The van der Waals surface area contributed by atoms with Gasteiger partial charge >= 0.3 is 5.97 Å². The Morgan fingerprint density at radius 2 is 2.27 bits per heavy atom. The zero-order valence-electron chi connectivity index (χ0n) is 6.12. The van der Waals surface area contributed by atoms with E-state index >= 15 is 0 Å². The number of carboxylic acids is 1. The van der Waals surface area contributed by atoms with E-state index in [2.05, 4.69) is 0 Å². The van der Waals surface area contributed by atoms with Gasteiger partial charge in [-0.25, -0.2) is 0 Å². The molecule has 60 valence electrons. The number of carbonyl (C=O) groups excluding carboxylic acids is 1. The quantitative estimate of drug-likeness (QED) is 0.604. The van der Waals surface area contributed by atoms with Crippen molar-refractivity contribution in [1.29, 1.82) is 0 Å². The fourth-order valence-electron chi connectivity index (χ4n) is 2.19. The van der Waals surface area contributed by atoms with Crippen LogP contribution in [0.3, 0.4) is 0 Å². The van der Waals surface area contributed by atoms with Crippen LogP contribution in [0.25, 0.3) is 0 Å². The van der Waals surface area contributed by atoms with Gasteiger partial charge in [0.05, 0.1) is 5.92 Å². The Kier molecular flexibility index (Phi) is 1.28. The highest BCUT2D eigenvalue weighted by atomic mass is 16.4. The third-order valence-corrected chi connectivity index (χ3v) is 2.79. The maximum atomic E-state index is 11.1. The van der Waals surface area contributed by atoms with E-state index in [-0.39, 0.29) is 23.5 Å². The van der Waals surface area contributed by atoms with E-state index in [0.29, 0.717) is 6.42 Å². The molecule has 2 aliphatic rings. The van der Waals surface area contributed by atoms with Crippen LogP contribution >= 0.6 is 0 Å². The van der Waals surface area contributed by atoms with E-state index in [1.807, 2.05) is 0 Å². The molecule has 2 saturated carbocycles. The third kappa shape index (κ3) is 0.870. The van der Waals surface area contributed by atoms with Gasteiger partial charge in [0, 0.05) is 12.3 Å². The molecule has 0 aromatic rings. The van der Waals surface area contributed by atoms with E-state index in [9.17, 15) is 9.59 Å². The van der Waals surface area contributed by atoms with Gasteiger partial charge in [0.25, 0.3) is 0 Å². The maximum Gasteiger partial charge on any atom is 0.307 e. The summed E-state index contributed by atoms with van der Waals surface area (Å²) < 4.78 is 0. The van der Waals surface area contributed by atoms with Gasteiger partial charge in [-0.05, 0) is 18.8 Å². The molecular formula is C8H10O3. The maximum absolute atomic E-state index is 11.1. The molecule has 3 atom stereocenters. The molecule has 0 unspecified atom stereocenters. The predicted molar refractivity (Wildman–Crippen MR) is 37.0 cm³/mol. The van der Waals surface area contributed by atoms with E-state index in [0.717, 1.165) is 12.8 Å². The molecule has 0 aromatic heterocycles. The van der Waals surface area contributed by atoms with Gasteiger partial charge in [-0.15, -0.1) is 0 Å². The Balaban J connectivity index is 2.10. The zero-order chi connectivity index (χ0) is 8.01. The Labute approximate surface area is 64.4 Å². The van der Waals surface area contributed by atoms with Gasteiger partial charge in [0.1, 0.15) is 5.78 Å². The SMILES string of the molecule is O=C(O)[C@@H]1[C@H]2CCCC(=O)[C@H]21. The van der Waals surface area contributed by atoms with Crippen LogP contribution in [0, 0.1) is 17.8 Å².